The van der Waals surface area contributed by atoms with Crippen LogP contribution in [-0.4, -0.2) is 17.5 Å². The minimum Gasteiger partial charge on any atom is -0.308 e. The van der Waals surface area contributed by atoms with Crippen molar-refractivity contribution in [2.45, 2.75) is 37.1 Å². The molecule has 1 nitrogen and oxygen atoms in total. The second-order valence-corrected chi connectivity index (χ2v) is 8.41. The number of nitrogens with one attached hydrogen (secondary N) is 1. The summed E-state index contributed by atoms with van der Waals surface area (Å²) in [5.41, 5.74) is 0. The van der Waals surface area contributed by atoms with Crippen LogP contribution in [0.5, 0.6) is 0 Å². The Balaban J connectivity index is 1.87. The Hall–Kier alpha value is 0.970. The molecule has 1 aliphatic carbocycles. The van der Waals surface area contributed by atoms with Gasteiger partial charge in [-0.3, -0.25) is 0 Å². The van der Waals surface area contributed by atoms with Gasteiger partial charge in [-0.1, -0.05) is 6.42 Å². The lowest BCUT2D eigenvalue weighted by Gasteiger charge is -2.18. The van der Waals surface area contributed by atoms with Crippen molar-refractivity contribution >= 4 is 55.0 Å². The predicted octanol–water partition coefficient (Wildman–Crippen LogP) is 4.65. The summed E-state index contributed by atoms with van der Waals surface area (Å²) in [7, 11) is 0. The molecule has 5 heteroatoms. The molecule has 2 rings (SSSR count). The lowest BCUT2D eigenvalue weighted by Crippen LogP contribution is -2.33. The monoisotopic (exact) mass is 383 g/mol. The lowest BCUT2D eigenvalue weighted by atomic mass is 10.2. The highest BCUT2D eigenvalue weighted by Crippen LogP contribution is 2.33. The van der Waals surface area contributed by atoms with Gasteiger partial charge in [-0.15, -0.1) is 11.3 Å². The Morgan fingerprint density at radius 2 is 2.31 bits per heavy atom. The summed E-state index contributed by atoms with van der Waals surface area (Å²) in [6, 6.07) is 2.90. The SMILES string of the molecule is CSC1CCCC1NCc1cc(Br)c(Br)s1. The van der Waals surface area contributed by atoms with Gasteiger partial charge in [0, 0.05) is 27.2 Å². The molecule has 1 aliphatic rings. The van der Waals surface area contributed by atoms with E-state index in [1.165, 1.54) is 32.4 Å². The number of rotatable bonds is 4. The van der Waals surface area contributed by atoms with Crippen LogP contribution in [0, 0.1) is 0 Å². The van der Waals surface area contributed by atoms with Gasteiger partial charge in [-0.2, -0.15) is 11.8 Å². The first-order chi connectivity index (χ1) is 7.70. The standard InChI is InChI=1S/C11H15Br2NS2/c1-15-10-4-2-3-9(10)14-6-7-5-8(12)11(13)16-7/h5,9-10,14H,2-4,6H2,1H3. The van der Waals surface area contributed by atoms with Crippen molar-refractivity contribution in [3.05, 3.63) is 19.2 Å². The highest BCUT2D eigenvalue weighted by Gasteiger charge is 2.25. The molecule has 1 heterocycles. The number of thiophene rings is 1. The van der Waals surface area contributed by atoms with Crippen molar-refractivity contribution in [1.82, 2.24) is 5.32 Å². The zero-order valence-electron chi connectivity index (χ0n) is 9.13. The molecule has 0 saturated heterocycles. The van der Waals surface area contributed by atoms with Crippen molar-refractivity contribution in [2.24, 2.45) is 0 Å². The van der Waals surface area contributed by atoms with E-state index in [1.807, 2.05) is 23.1 Å². The second kappa shape index (κ2) is 6.23. The van der Waals surface area contributed by atoms with Gasteiger partial charge in [0.2, 0.25) is 0 Å². The Kier molecular flexibility index (Phi) is 5.22. The molecule has 2 atom stereocenters. The molecular formula is C11H15Br2NS2. The van der Waals surface area contributed by atoms with Crippen LogP contribution < -0.4 is 5.32 Å². The van der Waals surface area contributed by atoms with Gasteiger partial charge in [0.25, 0.3) is 0 Å². The highest BCUT2D eigenvalue weighted by atomic mass is 79.9. The molecule has 1 fully saturated rings. The van der Waals surface area contributed by atoms with Crippen LogP contribution in [0.3, 0.4) is 0 Å². The maximum Gasteiger partial charge on any atom is 0.0843 e. The van der Waals surface area contributed by atoms with Crippen molar-refractivity contribution < 1.29 is 0 Å². The molecule has 0 bridgehead atoms. The first-order valence-corrected chi connectivity index (χ1v) is 9.09. The topological polar surface area (TPSA) is 12.0 Å². The van der Waals surface area contributed by atoms with Crippen molar-refractivity contribution in [2.75, 3.05) is 6.26 Å². The quantitative estimate of drug-likeness (QED) is 0.810. The largest absolute Gasteiger partial charge is 0.308 e. The van der Waals surface area contributed by atoms with Crippen molar-refractivity contribution in [3.63, 3.8) is 0 Å². The molecule has 16 heavy (non-hydrogen) atoms. The van der Waals surface area contributed by atoms with Crippen molar-refractivity contribution in [1.29, 1.82) is 0 Å². The van der Waals surface area contributed by atoms with E-state index in [9.17, 15) is 0 Å². The van der Waals surface area contributed by atoms with Crippen LogP contribution in [0.2, 0.25) is 0 Å². The van der Waals surface area contributed by atoms with Crippen LogP contribution in [0.1, 0.15) is 24.1 Å². The Bertz CT molecular complexity index is 334. The number of hydrogen-bond acceptors (Lipinski definition) is 3. The van der Waals surface area contributed by atoms with Crippen LogP contribution in [0.25, 0.3) is 0 Å². The predicted molar refractivity (Wildman–Crippen MR) is 81.5 cm³/mol. The summed E-state index contributed by atoms with van der Waals surface area (Å²) in [4.78, 5) is 1.39. The van der Waals surface area contributed by atoms with Gasteiger partial charge in [0.1, 0.15) is 0 Å². The van der Waals surface area contributed by atoms with E-state index in [4.69, 9.17) is 0 Å². The van der Waals surface area contributed by atoms with E-state index >= 15 is 0 Å². The molecule has 0 radical (unpaired) electrons. The molecule has 90 valence electrons. The first-order valence-electron chi connectivity index (χ1n) is 5.40. The maximum absolute atomic E-state index is 3.69. The van der Waals surface area contributed by atoms with Gasteiger partial charge in [-0.05, 0) is 57.0 Å². The third-order valence-electron chi connectivity index (χ3n) is 2.99. The smallest absolute Gasteiger partial charge is 0.0843 e. The molecule has 1 N–H and O–H groups in total. The van der Waals surface area contributed by atoms with Gasteiger partial charge in [0.05, 0.1) is 3.79 Å². The third kappa shape index (κ3) is 3.25. The van der Waals surface area contributed by atoms with E-state index in [0.29, 0.717) is 6.04 Å². The lowest BCUT2D eigenvalue weighted by molar-refractivity contribution is 0.535. The summed E-state index contributed by atoms with van der Waals surface area (Å²) in [5, 5.41) is 4.50. The Morgan fingerprint density at radius 3 is 2.94 bits per heavy atom. The Labute approximate surface area is 122 Å². The number of halogens is 2. The van der Waals surface area contributed by atoms with Crippen LogP contribution in [0.4, 0.5) is 0 Å². The van der Waals surface area contributed by atoms with Gasteiger partial charge < -0.3 is 5.32 Å². The maximum atomic E-state index is 3.69. The fourth-order valence-electron chi connectivity index (χ4n) is 2.15. The van der Waals surface area contributed by atoms with E-state index in [2.05, 4.69) is 49.5 Å². The normalized spacial score (nSPS) is 25.2. The van der Waals surface area contributed by atoms with E-state index in [0.717, 1.165) is 11.8 Å². The second-order valence-electron chi connectivity index (χ2n) is 4.03. The van der Waals surface area contributed by atoms with Gasteiger partial charge in [-0.25, -0.2) is 0 Å². The van der Waals surface area contributed by atoms with Gasteiger partial charge >= 0.3 is 0 Å². The van der Waals surface area contributed by atoms with E-state index in [-0.39, 0.29) is 0 Å². The molecule has 0 amide bonds. The zero-order chi connectivity index (χ0) is 11.5. The molecule has 0 spiro atoms. The number of thioether (sulfide) groups is 1. The third-order valence-corrected chi connectivity index (χ3v) is 7.42. The summed E-state index contributed by atoms with van der Waals surface area (Å²) in [6.07, 6.45) is 6.31. The van der Waals surface area contributed by atoms with Crippen LogP contribution in [0.15, 0.2) is 14.3 Å². The molecule has 0 aromatic carbocycles. The molecule has 1 aromatic heterocycles. The fourth-order valence-corrected chi connectivity index (χ4v) is 5.24. The summed E-state index contributed by atoms with van der Waals surface area (Å²) in [5.74, 6) is 0. The van der Waals surface area contributed by atoms with Crippen LogP contribution >= 0.6 is 55.0 Å². The molecule has 2 unspecified atom stereocenters. The molecule has 1 saturated carbocycles. The molecule has 0 aliphatic heterocycles. The zero-order valence-corrected chi connectivity index (χ0v) is 13.9. The van der Waals surface area contributed by atoms with E-state index < -0.39 is 0 Å². The molecule has 1 aromatic rings. The van der Waals surface area contributed by atoms with Crippen molar-refractivity contribution in [3.8, 4) is 0 Å². The van der Waals surface area contributed by atoms with E-state index in [1.54, 1.807) is 0 Å². The minimum atomic E-state index is 0.703. The summed E-state index contributed by atoms with van der Waals surface area (Å²) >= 11 is 10.9. The average Bonchev–Trinajstić information content (AvgIpc) is 2.83. The van der Waals surface area contributed by atoms with Crippen LogP contribution in [-0.2, 0) is 6.54 Å². The average molecular weight is 385 g/mol. The minimum absolute atomic E-state index is 0.703. The Morgan fingerprint density at radius 1 is 1.50 bits per heavy atom. The summed E-state index contributed by atoms with van der Waals surface area (Å²) in [6.45, 7) is 0.997. The number of hydrogen-bond donors (Lipinski definition) is 1. The summed E-state index contributed by atoms with van der Waals surface area (Å²) < 4.78 is 2.36. The fraction of sp³-hybridized carbons (Fsp3) is 0.636. The highest BCUT2D eigenvalue weighted by molar-refractivity contribution is 9.13. The molecular weight excluding hydrogens is 370 g/mol. The first kappa shape index (κ1) is 13.4. The van der Waals surface area contributed by atoms with Gasteiger partial charge in [0.15, 0.2) is 0 Å².